The van der Waals surface area contributed by atoms with E-state index in [4.69, 9.17) is 4.74 Å². The molecule has 0 aliphatic carbocycles. The van der Waals surface area contributed by atoms with Crippen molar-refractivity contribution in [2.45, 2.75) is 32.7 Å². The number of carbonyl (C=O) groups is 1. The standard InChI is InChI=1S/C23H26N2O3/c1-23(2,3)18-8-6-15(7-9-18)22(27)25(4)14-17-12-16-13-19(28-5)10-11-20(16)24-21(17)26/h6-13H,14H2,1-5H3,(H,24,26). The van der Waals surface area contributed by atoms with Crippen molar-refractivity contribution in [1.82, 2.24) is 9.88 Å². The average molecular weight is 378 g/mol. The van der Waals surface area contributed by atoms with E-state index in [-0.39, 0.29) is 23.4 Å². The first kappa shape index (κ1) is 19.7. The summed E-state index contributed by atoms with van der Waals surface area (Å²) in [5.41, 5.74) is 2.89. The predicted octanol–water partition coefficient (Wildman–Crippen LogP) is 4.11. The number of fused-ring (bicyclic) bond motifs is 1. The minimum absolute atomic E-state index is 0.0346. The molecule has 0 fully saturated rings. The molecule has 0 aliphatic heterocycles. The second-order valence-corrected chi connectivity index (χ2v) is 8.07. The summed E-state index contributed by atoms with van der Waals surface area (Å²) in [4.78, 5) is 29.6. The third-order valence-electron chi connectivity index (χ3n) is 4.88. The number of rotatable bonds is 4. The van der Waals surface area contributed by atoms with E-state index >= 15 is 0 Å². The molecule has 0 bridgehead atoms. The maximum absolute atomic E-state index is 12.8. The molecule has 5 nitrogen and oxygen atoms in total. The molecule has 0 aliphatic rings. The van der Waals surface area contributed by atoms with Crippen LogP contribution >= 0.6 is 0 Å². The van der Waals surface area contributed by atoms with Crippen molar-refractivity contribution in [3.63, 3.8) is 0 Å². The summed E-state index contributed by atoms with van der Waals surface area (Å²) in [5, 5.41) is 0.865. The van der Waals surface area contributed by atoms with Crippen molar-refractivity contribution in [2.75, 3.05) is 14.2 Å². The van der Waals surface area contributed by atoms with E-state index in [0.717, 1.165) is 10.9 Å². The highest BCUT2D eigenvalue weighted by atomic mass is 16.5. The van der Waals surface area contributed by atoms with Gasteiger partial charge in [0.15, 0.2) is 0 Å². The van der Waals surface area contributed by atoms with Crippen molar-refractivity contribution < 1.29 is 9.53 Å². The van der Waals surface area contributed by atoms with Crippen molar-refractivity contribution in [3.05, 3.63) is 75.6 Å². The maximum atomic E-state index is 12.8. The van der Waals surface area contributed by atoms with E-state index in [1.165, 1.54) is 5.56 Å². The Morgan fingerprint density at radius 1 is 1.07 bits per heavy atom. The fourth-order valence-electron chi connectivity index (χ4n) is 3.13. The van der Waals surface area contributed by atoms with E-state index in [0.29, 0.717) is 16.9 Å². The molecule has 3 rings (SSSR count). The molecule has 146 valence electrons. The molecule has 1 heterocycles. The number of hydrogen-bond donors (Lipinski definition) is 1. The maximum Gasteiger partial charge on any atom is 0.253 e. The highest BCUT2D eigenvalue weighted by Gasteiger charge is 2.17. The molecule has 1 amide bonds. The molecule has 0 atom stereocenters. The fourth-order valence-corrected chi connectivity index (χ4v) is 3.13. The van der Waals surface area contributed by atoms with Crippen LogP contribution in [0.4, 0.5) is 0 Å². The van der Waals surface area contributed by atoms with Crippen molar-refractivity contribution in [3.8, 4) is 5.75 Å². The summed E-state index contributed by atoms with van der Waals surface area (Å²) in [6.45, 7) is 6.63. The van der Waals surface area contributed by atoms with Gasteiger partial charge in [-0.2, -0.15) is 0 Å². The number of pyridine rings is 1. The quantitative estimate of drug-likeness (QED) is 0.743. The molecular weight excluding hydrogens is 352 g/mol. The summed E-state index contributed by atoms with van der Waals surface area (Å²) in [5.74, 6) is 0.597. The van der Waals surface area contributed by atoms with Crippen LogP contribution in [-0.4, -0.2) is 29.9 Å². The topological polar surface area (TPSA) is 62.4 Å². The van der Waals surface area contributed by atoms with Gasteiger partial charge in [0.05, 0.1) is 13.7 Å². The number of nitrogens with zero attached hydrogens (tertiary/aromatic N) is 1. The number of hydrogen-bond acceptors (Lipinski definition) is 3. The summed E-state index contributed by atoms with van der Waals surface area (Å²) in [6.07, 6.45) is 0. The molecule has 1 aromatic heterocycles. The minimum Gasteiger partial charge on any atom is -0.497 e. The Kier molecular flexibility index (Phi) is 5.27. The lowest BCUT2D eigenvalue weighted by Crippen LogP contribution is -2.29. The Morgan fingerprint density at radius 2 is 1.75 bits per heavy atom. The Bertz CT molecular complexity index is 1060. The van der Waals surface area contributed by atoms with Gasteiger partial charge in [-0.15, -0.1) is 0 Å². The van der Waals surface area contributed by atoms with E-state index in [1.54, 1.807) is 25.1 Å². The molecule has 0 radical (unpaired) electrons. The van der Waals surface area contributed by atoms with Gasteiger partial charge in [-0.05, 0) is 47.4 Å². The number of carbonyl (C=O) groups excluding carboxylic acids is 1. The van der Waals surface area contributed by atoms with Crippen LogP contribution in [0.5, 0.6) is 5.75 Å². The van der Waals surface area contributed by atoms with Gasteiger partial charge in [0.1, 0.15) is 5.75 Å². The number of aromatic nitrogens is 1. The van der Waals surface area contributed by atoms with Gasteiger partial charge in [0, 0.05) is 29.1 Å². The van der Waals surface area contributed by atoms with Crippen molar-refractivity contribution >= 4 is 16.8 Å². The van der Waals surface area contributed by atoms with Gasteiger partial charge in [-0.1, -0.05) is 32.9 Å². The molecule has 3 aromatic rings. The Morgan fingerprint density at radius 3 is 2.36 bits per heavy atom. The third kappa shape index (κ3) is 4.09. The number of aromatic amines is 1. The zero-order valence-corrected chi connectivity index (χ0v) is 17.0. The molecule has 5 heteroatoms. The second-order valence-electron chi connectivity index (χ2n) is 8.07. The summed E-state index contributed by atoms with van der Waals surface area (Å²) in [7, 11) is 3.31. The molecule has 0 unspecified atom stereocenters. The van der Waals surface area contributed by atoms with Gasteiger partial charge in [-0.3, -0.25) is 9.59 Å². The van der Waals surface area contributed by atoms with Crippen molar-refractivity contribution in [2.24, 2.45) is 0 Å². The van der Waals surface area contributed by atoms with Crippen LogP contribution in [0.15, 0.2) is 53.3 Å². The Balaban J connectivity index is 1.83. The normalized spacial score (nSPS) is 11.5. The molecule has 0 saturated carbocycles. The van der Waals surface area contributed by atoms with Gasteiger partial charge < -0.3 is 14.6 Å². The lowest BCUT2D eigenvalue weighted by atomic mass is 9.86. The molecule has 1 N–H and O–H groups in total. The van der Waals surface area contributed by atoms with E-state index < -0.39 is 0 Å². The van der Waals surface area contributed by atoms with Crippen LogP contribution in [0.3, 0.4) is 0 Å². The number of amides is 1. The Hall–Kier alpha value is -3.08. The van der Waals surface area contributed by atoms with Crippen LogP contribution in [-0.2, 0) is 12.0 Å². The summed E-state index contributed by atoms with van der Waals surface area (Å²) >= 11 is 0. The lowest BCUT2D eigenvalue weighted by Gasteiger charge is -2.20. The van der Waals surface area contributed by atoms with Crippen molar-refractivity contribution in [1.29, 1.82) is 0 Å². The van der Waals surface area contributed by atoms with Crippen LogP contribution in [0.1, 0.15) is 42.3 Å². The zero-order chi connectivity index (χ0) is 20.5. The number of H-pyrrole nitrogens is 1. The average Bonchev–Trinajstić information content (AvgIpc) is 2.67. The SMILES string of the molecule is COc1ccc2[nH]c(=O)c(CN(C)C(=O)c3ccc(C(C)(C)C)cc3)cc2c1. The van der Waals surface area contributed by atoms with Gasteiger partial charge in [0.2, 0.25) is 0 Å². The number of methoxy groups -OCH3 is 1. The molecule has 0 spiro atoms. The largest absolute Gasteiger partial charge is 0.497 e. The fraction of sp³-hybridized carbons (Fsp3) is 0.304. The highest BCUT2D eigenvalue weighted by Crippen LogP contribution is 2.23. The zero-order valence-electron chi connectivity index (χ0n) is 17.0. The van der Waals surface area contributed by atoms with E-state index in [2.05, 4.69) is 25.8 Å². The molecule has 0 saturated heterocycles. The molecule has 28 heavy (non-hydrogen) atoms. The van der Waals surface area contributed by atoms with Crippen LogP contribution in [0.2, 0.25) is 0 Å². The summed E-state index contributed by atoms with van der Waals surface area (Å²) < 4.78 is 5.25. The monoisotopic (exact) mass is 378 g/mol. The van der Waals surface area contributed by atoms with E-state index in [9.17, 15) is 9.59 Å². The van der Waals surface area contributed by atoms with Crippen LogP contribution in [0, 0.1) is 0 Å². The van der Waals surface area contributed by atoms with Gasteiger partial charge >= 0.3 is 0 Å². The highest BCUT2D eigenvalue weighted by molar-refractivity contribution is 5.94. The number of ether oxygens (including phenoxy) is 1. The smallest absolute Gasteiger partial charge is 0.253 e. The van der Waals surface area contributed by atoms with Gasteiger partial charge in [0.25, 0.3) is 11.5 Å². The summed E-state index contributed by atoms with van der Waals surface area (Å²) in [6, 6.07) is 14.9. The predicted molar refractivity (Wildman–Crippen MR) is 112 cm³/mol. The first-order chi connectivity index (χ1) is 13.2. The number of nitrogens with one attached hydrogen (secondary N) is 1. The first-order valence-corrected chi connectivity index (χ1v) is 9.25. The second kappa shape index (κ2) is 7.50. The first-order valence-electron chi connectivity index (χ1n) is 9.25. The number of benzene rings is 2. The Labute approximate surface area is 165 Å². The lowest BCUT2D eigenvalue weighted by molar-refractivity contribution is 0.0784. The van der Waals surface area contributed by atoms with Gasteiger partial charge in [-0.25, -0.2) is 0 Å². The minimum atomic E-state index is -0.194. The van der Waals surface area contributed by atoms with E-state index in [1.807, 2.05) is 42.5 Å². The molecule has 2 aromatic carbocycles. The third-order valence-corrected chi connectivity index (χ3v) is 4.88. The van der Waals surface area contributed by atoms with Crippen LogP contribution in [0.25, 0.3) is 10.9 Å². The molecular formula is C23H26N2O3. The van der Waals surface area contributed by atoms with Crippen LogP contribution < -0.4 is 10.3 Å².